The summed E-state index contributed by atoms with van der Waals surface area (Å²) in [6.45, 7) is 5.75. The number of rotatable bonds is 6. The number of hydrogen-bond donors (Lipinski definition) is 1. The summed E-state index contributed by atoms with van der Waals surface area (Å²) < 4.78 is 1.89. The van der Waals surface area contributed by atoms with Crippen LogP contribution in [0.5, 0.6) is 0 Å². The highest BCUT2D eigenvalue weighted by atomic mass is 16.1. The molecule has 0 aliphatic rings. The van der Waals surface area contributed by atoms with E-state index in [9.17, 15) is 4.79 Å². The molecule has 0 radical (unpaired) electrons. The lowest BCUT2D eigenvalue weighted by atomic mass is 10.2. The van der Waals surface area contributed by atoms with Gasteiger partial charge in [-0.3, -0.25) is 4.79 Å². The smallest absolute Gasteiger partial charge is 0.271 e. The van der Waals surface area contributed by atoms with E-state index in [1.165, 1.54) is 6.42 Å². The Balaban J connectivity index is 2.33. The lowest BCUT2D eigenvalue weighted by Crippen LogP contribution is -2.24. The van der Waals surface area contributed by atoms with Crippen LogP contribution in [-0.2, 0) is 6.54 Å². The number of imidazole rings is 1. The van der Waals surface area contributed by atoms with Crippen LogP contribution < -0.4 is 5.32 Å². The van der Waals surface area contributed by atoms with Crippen molar-refractivity contribution in [3.8, 4) is 0 Å². The number of hydrogen-bond acceptors (Lipinski definition) is 2. The summed E-state index contributed by atoms with van der Waals surface area (Å²) in [7, 11) is 0. The Labute approximate surface area is 90.7 Å². The van der Waals surface area contributed by atoms with E-state index in [1.807, 2.05) is 11.5 Å². The zero-order valence-electron chi connectivity index (χ0n) is 9.49. The first-order valence-electron chi connectivity index (χ1n) is 5.57. The molecule has 0 aliphatic carbocycles. The Hall–Kier alpha value is -1.32. The molecule has 1 aromatic rings. The monoisotopic (exact) mass is 209 g/mol. The van der Waals surface area contributed by atoms with E-state index in [0.717, 1.165) is 25.9 Å². The molecule has 1 rings (SSSR count). The van der Waals surface area contributed by atoms with Gasteiger partial charge >= 0.3 is 0 Å². The molecular weight excluding hydrogens is 190 g/mol. The van der Waals surface area contributed by atoms with E-state index in [0.29, 0.717) is 5.69 Å². The van der Waals surface area contributed by atoms with Crippen molar-refractivity contribution >= 4 is 5.91 Å². The highest BCUT2D eigenvalue weighted by Crippen LogP contribution is 1.97. The van der Waals surface area contributed by atoms with Crippen LogP contribution in [0.15, 0.2) is 12.5 Å². The predicted molar refractivity (Wildman–Crippen MR) is 59.8 cm³/mol. The zero-order valence-corrected chi connectivity index (χ0v) is 9.49. The third kappa shape index (κ3) is 3.73. The second kappa shape index (κ2) is 6.22. The summed E-state index contributed by atoms with van der Waals surface area (Å²) in [5.41, 5.74) is 0.508. The molecule has 1 amide bonds. The molecule has 0 spiro atoms. The van der Waals surface area contributed by atoms with E-state index in [-0.39, 0.29) is 5.91 Å². The maximum atomic E-state index is 11.6. The molecule has 1 aromatic heterocycles. The first-order chi connectivity index (χ1) is 7.27. The quantitative estimate of drug-likeness (QED) is 0.726. The molecule has 4 heteroatoms. The Morgan fingerprint density at radius 3 is 2.87 bits per heavy atom. The van der Waals surface area contributed by atoms with Crippen LogP contribution in [0.4, 0.5) is 0 Å². The third-order valence-corrected chi connectivity index (χ3v) is 2.30. The van der Waals surface area contributed by atoms with Gasteiger partial charge in [0.15, 0.2) is 0 Å². The predicted octanol–water partition coefficient (Wildman–Crippen LogP) is 1.82. The average Bonchev–Trinajstić information content (AvgIpc) is 2.72. The van der Waals surface area contributed by atoms with E-state index >= 15 is 0 Å². The maximum Gasteiger partial charge on any atom is 0.271 e. The Bertz CT molecular complexity index is 307. The summed E-state index contributed by atoms with van der Waals surface area (Å²) in [6.07, 6.45) is 6.82. The number of aryl methyl sites for hydroxylation is 1. The van der Waals surface area contributed by atoms with Crippen LogP contribution >= 0.6 is 0 Å². The maximum absolute atomic E-state index is 11.6. The molecule has 15 heavy (non-hydrogen) atoms. The molecule has 0 aliphatic heterocycles. The first-order valence-corrected chi connectivity index (χ1v) is 5.57. The molecule has 1 N–H and O–H groups in total. The van der Waals surface area contributed by atoms with Gasteiger partial charge in [-0.05, 0) is 13.3 Å². The summed E-state index contributed by atoms with van der Waals surface area (Å²) in [4.78, 5) is 15.6. The number of nitrogens with one attached hydrogen (secondary N) is 1. The minimum atomic E-state index is -0.0710. The number of unbranched alkanes of at least 4 members (excludes halogenated alkanes) is 2. The molecule has 4 nitrogen and oxygen atoms in total. The van der Waals surface area contributed by atoms with Gasteiger partial charge in [0.05, 0.1) is 6.33 Å². The van der Waals surface area contributed by atoms with Crippen LogP contribution in [0.25, 0.3) is 0 Å². The van der Waals surface area contributed by atoms with E-state index < -0.39 is 0 Å². The highest BCUT2D eigenvalue weighted by molar-refractivity contribution is 5.91. The Kier molecular flexibility index (Phi) is 4.87. The number of carbonyl (C=O) groups excluding carboxylic acids is 1. The average molecular weight is 209 g/mol. The van der Waals surface area contributed by atoms with Gasteiger partial charge in [0, 0.05) is 19.3 Å². The van der Waals surface area contributed by atoms with Gasteiger partial charge in [0.1, 0.15) is 5.69 Å². The van der Waals surface area contributed by atoms with Crippen molar-refractivity contribution < 1.29 is 4.79 Å². The van der Waals surface area contributed by atoms with Crippen molar-refractivity contribution in [3.05, 3.63) is 18.2 Å². The molecule has 0 bridgehead atoms. The molecule has 0 saturated heterocycles. The summed E-state index contributed by atoms with van der Waals surface area (Å²) in [5, 5.41) is 2.86. The van der Waals surface area contributed by atoms with Gasteiger partial charge in [-0.2, -0.15) is 0 Å². The molecule has 0 atom stereocenters. The molecular formula is C11H19N3O. The summed E-state index contributed by atoms with van der Waals surface area (Å²) in [6, 6.07) is 0. The van der Waals surface area contributed by atoms with Gasteiger partial charge in [0.25, 0.3) is 5.91 Å². The lowest BCUT2D eigenvalue weighted by molar-refractivity contribution is 0.0948. The normalized spacial score (nSPS) is 10.3. The van der Waals surface area contributed by atoms with Gasteiger partial charge < -0.3 is 9.88 Å². The molecule has 0 unspecified atom stereocenters. The minimum Gasteiger partial charge on any atom is -0.351 e. The molecule has 1 heterocycles. The number of nitrogens with zero attached hydrogens (tertiary/aromatic N) is 2. The van der Waals surface area contributed by atoms with E-state index in [1.54, 1.807) is 12.5 Å². The highest BCUT2D eigenvalue weighted by Gasteiger charge is 2.07. The molecule has 0 saturated carbocycles. The number of aromatic nitrogens is 2. The SMILES string of the molecule is CCCCCNC(=O)c1cn(CC)cn1. The van der Waals surface area contributed by atoms with Crippen LogP contribution in [0, 0.1) is 0 Å². The first kappa shape index (κ1) is 11.8. The molecule has 0 aromatic carbocycles. The largest absolute Gasteiger partial charge is 0.351 e. The topological polar surface area (TPSA) is 46.9 Å². The number of amides is 1. The summed E-state index contributed by atoms with van der Waals surface area (Å²) in [5.74, 6) is -0.0710. The molecule has 84 valence electrons. The van der Waals surface area contributed by atoms with Crippen molar-refractivity contribution in [2.75, 3.05) is 6.54 Å². The van der Waals surface area contributed by atoms with Crippen molar-refractivity contribution in [3.63, 3.8) is 0 Å². The van der Waals surface area contributed by atoms with Crippen LogP contribution in [0.3, 0.4) is 0 Å². The van der Waals surface area contributed by atoms with Crippen molar-refractivity contribution in [2.45, 2.75) is 39.7 Å². The minimum absolute atomic E-state index is 0.0710. The van der Waals surface area contributed by atoms with Crippen LogP contribution in [-0.4, -0.2) is 22.0 Å². The third-order valence-electron chi connectivity index (χ3n) is 2.30. The van der Waals surface area contributed by atoms with Crippen molar-refractivity contribution in [1.82, 2.24) is 14.9 Å². The van der Waals surface area contributed by atoms with Gasteiger partial charge in [0.2, 0.25) is 0 Å². The fourth-order valence-electron chi connectivity index (χ4n) is 1.32. The van der Waals surface area contributed by atoms with Crippen molar-refractivity contribution in [2.24, 2.45) is 0 Å². The van der Waals surface area contributed by atoms with E-state index in [4.69, 9.17) is 0 Å². The second-order valence-corrected chi connectivity index (χ2v) is 3.55. The standard InChI is InChI=1S/C11H19N3O/c1-3-5-6-7-12-11(15)10-8-14(4-2)9-13-10/h8-9H,3-7H2,1-2H3,(H,12,15). The Morgan fingerprint density at radius 2 is 2.27 bits per heavy atom. The zero-order chi connectivity index (χ0) is 11.1. The second-order valence-electron chi connectivity index (χ2n) is 3.55. The fraction of sp³-hybridized carbons (Fsp3) is 0.636. The van der Waals surface area contributed by atoms with Crippen molar-refractivity contribution in [1.29, 1.82) is 0 Å². The van der Waals surface area contributed by atoms with Gasteiger partial charge in [-0.1, -0.05) is 19.8 Å². The lowest BCUT2D eigenvalue weighted by Gasteiger charge is -2.01. The van der Waals surface area contributed by atoms with Crippen LogP contribution in [0.1, 0.15) is 43.6 Å². The fourth-order valence-corrected chi connectivity index (χ4v) is 1.32. The Morgan fingerprint density at radius 1 is 1.47 bits per heavy atom. The van der Waals surface area contributed by atoms with Gasteiger partial charge in [-0.15, -0.1) is 0 Å². The van der Waals surface area contributed by atoms with Gasteiger partial charge in [-0.25, -0.2) is 4.98 Å². The van der Waals surface area contributed by atoms with E-state index in [2.05, 4.69) is 17.2 Å². The number of carbonyl (C=O) groups is 1. The van der Waals surface area contributed by atoms with Crippen LogP contribution in [0.2, 0.25) is 0 Å². The molecule has 0 fully saturated rings. The summed E-state index contributed by atoms with van der Waals surface area (Å²) >= 11 is 0.